The van der Waals surface area contributed by atoms with E-state index in [0.29, 0.717) is 0 Å². The smallest absolute Gasteiger partial charge is 0.0136 e. The van der Waals surface area contributed by atoms with E-state index in [1.807, 2.05) is 16.7 Å². The van der Waals surface area contributed by atoms with Crippen LogP contribution in [0.25, 0.3) is 0 Å². The average Bonchev–Trinajstić information content (AvgIpc) is 3.52. The normalized spacial score (nSPS) is 47.4. The lowest BCUT2D eigenvalue weighted by molar-refractivity contribution is -0.0973. The van der Waals surface area contributed by atoms with Crippen molar-refractivity contribution >= 4 is 0 Å². The van der Waals surface area contributed by atoms with Crippen LogP contribution in [-0.2, 0) is 0 Å². The molecule has 0 aliphatic heterocycles. The summed E-state index contributed by atoms with van der Waals surface area (Å²) >= 11 is 0. The van der Waals surface area contributed by atoms with E-state index >= 15 is 0 Å². The van der Waals surface area contributed by atoms with Gasteiger partial charge < -0.3 is 0 Å². The Morgan fingerprint density at radius 1 is 0.585 bits per heavy atom. The van der Waals surface area contributed by atoms with Gasteiger partial charge in [-0.3, -0.25) is 0 Å². The van der Waals surface area contributed by atoms with Crippen LogP contribution in [0.2, 0.25) is 0 Å². The van der Waals surface area contributed by atoms with Gasteiger partial charge in [-0.2, -0.15) is 0 Å². The summed E-state index contributed by atoms with van der Waals surface area (Å²) in [4.78, 5) is 0. The molecule has 53 heavy (non-hydrogen) atoms. The fourth-order valence-electron chi connectivity index (χ4n) is 18.3. The lowest BCUT2D eigenvalue weighted by Gasteiger charge is -2.60. The Morgan fingerprint density at radius 3 is 2.23 bits per heavy atom. The van der Waals surface area contributed by atoms with Gasteiger partial charge >= 0.3 is 0 Å². The number of rotatable bonds is 8. The summed E-state index contributed by atoms with van der Waals surface area (Å²) in [6, 6.07) is 0. The molecule has 0 aromatic heterocycles. The van der Waals surface area contributed by atoms with Crippen molar-refractivity contribution in [2.24, 2.45) is 101 Å². The van der Waals surface area contributed by atoms with E-state index in [0.717, 1.165) is 101 Å². The predicted octanol–water partition coefficient (Wildman–Crippen LogP) is 15.1. The van der Waals surface area contributed by atoms with Gasteiger partial charge in [0.15, 0.2) is 0 Å². The van der Waals surface area contributed by atoms with Crippen molar-refractivity contribution in [1.29, 1.82) is 0 Å². The predicted molar refractivity (Wildman–Crippen MR) is 224 cm³/mol. The minimum atomic E-state index is 0.784. The number of allylic oxidation sites excluding steroid dienone is 8. The topological polar surface area (TPSA) is 0 Å². The van der Waals surface area contributed by atoms with Crippen LogP contribution in [0.4, 0.5) is 0 Å². The van der Waals surface area contributed by atoms with E-state index in [1.165, 1.54) is 83.5 Å². The molecule has 292 valence electrons. The number of unbranched alkanes of at least 4 members (excludes halogenated alkanes) is 1. The first-order valence-corrected chi connectivity index (χ1v) is 24.9. The van der Waals surface area contributed by atoms with Gasteiger partial charge in [0.2, 0.25) is 0 Å². The molecule has 0 nitrogen and oxygen atoms in total. The third-order valence-corrected chi connectivity index (χ3v) is 20.1. The first-order chi connectivity index (χ1) is 26.2. The van der Waals surface area contributed by atoms with E-state index in [-0.39, 0.29) is 0 Å². The molecular formula is C53H80. The molecule has 0 N–H and O–H groups in total. The maximum atomic E-state index is 2.94. The zero-order chi connectivity index (χ0) is 35.5. The molecule has 0 aromatic carbocycles. The summed E-state index contributed by atoms with van der Waals surface area (Å²) in [5.74, 6) is 17.2. The van der Waals surface area contributed by atoms with Crippen molar-refractivity contribution in [2.45, 2.75) is 181 Å². The highest BCUT2D eigenvalue weighted by Gasteiger charge is 2.58. The van der Waals surface area contributed by atoms with Crippen LogP contribution in [0.3, 0.4) is 0 Å². The summed E-state index contributed by atoms with van der Waals surface area (Å²) in [6.45, 7) is 5.19. The third kappa shape index (κ3) is 6.51. The van der Waals surface area contributed by atoms with Crippen molar-refractivity contribution < 1.29 is 0 Å². The van der Waals surface area contributed by atoms with Crippen LogP contribution in [0.15, 0.2) is 47.1 Å². The van der Waals surface area contributed by atoms with Crippen molar-refractivity contribution in [1.82, 2.24) is 0 Å². The molecule has 10 rings (SSSR count). The highest BCUT2D eigenvalue weighted by molar-refractivity contribution is 5.24. The summed E-state index contributed by atoms with van der Waals surface area (Å²) in [5.41, 5.74) is 5.80. The van der Waals surface area contributed by atoms with E-state index in [9.17, 15) is 0 Å². The SMILES string of the molecule is CCCCC(C(C)C1=CCCC=CC1)C1C2CCCCC2C(C2CCCC3=CCC(C4CCC5=CCC6CCCC7CCC4C5C67)CC32)C2CCCC21. The molecule has 0 aromatic rings. The van der Waals surface area contributed by atoms with Crippen LogP contribution in [0, 0.1) is 101 Å². The van der Waals surface area contributed by atoms with Gasteiger partial charge in [-0.25, -0.2) is 0 Å². The largest absolute Gasteiger partial charge is 0.0879 e. The van der Waals surface area contributed by atoms with Crippen LogP contribution >= 0.6 is 0 Å². The van der Waals surface area contributed by atoms with Gasteiger partial charge in [-0.15, -0.1) is 0 Å². The van der Waals surface area contributed by atoms with Crippen molar-refractivity contribution in [3.63, 3.8) is 0 Å². The van der Waals surface area contributed by atoms with Crippen LogP contribution in [-0.4, -0.2) is 0 Å². The second-order valence-electron chi connectivity index (χ2n) is 21.8. The third-order valence-electron chi connectivity index (χ3n) is 20.1. The Balaban J connectivity index is 0.930. The average molecular weight is 717 g/mol. The Labute approximate surface area is 327 Å². The Kier molecular flexibility index (Phi) is 10.8. The second kappa shape index (κ2) is 15.7. The van der Waals surface area contributed by atoms with E-state index in [2.05, 4.69) is 44.2 Å². The summed E-state index contributed by atoms with van der Waals surface area (Å²) in [6.07, 6.45) is 52.5. The minimum absolute atomic E-state index is 0.784. The maximum absolute atomic E-state index is 2.94. The van der Waals surface area contributed by atoms with Gasteiger partial charge in [-0.05, 0) is 223 Å². The van der Waals surface area contributed by atoms with Crippen molar-refractivity contribution in [3.05, 3.63) is 47.1 Å². The van der Waals surface area contributed by atoms with Crippen LogP contribution in [0.1, 0.15) is 181 Å². The summed E-state index contributed by atoms with van der Waals surface area (Å²) in [5, 5.41) is 0. The zero-order valence-corrected chi connectivity index (χ0v) is 34.6. The van der Waals surface area contributed by atoms with E-state index < -0.39 is 0 Å². The van der Waals surface area contributed by atoms with E-state index in [4.69, 9.17) is 0 Å². The number of hydrogen-bond donors (Lipinski definition) is 0. The van der Waals surface area contributed by atoms with Gasteiger partial charge in [0.1, 0.15) is 0 Å². The number of hydrogen-bond acceptors (Lipinski definition) is 0. The van der Waals surface area contributed by atoms with Gasteiger partial charge in [0.05, 0.1) is 0 Å². The van der Waals surface area contributed by atoms with Gasteiger partial charge in [-0.1, -0.05) is 106 Å². The zero-order valence-electron chi connectivity index (χ0n) is 34.6. The van der Waals surface area contributed by atoms with E-state index in [1.54, 1.807) is 83.5 Å². The molecule has 7 saturated carbocycles. The molecule has 0 radical (unpaired) electrons. The maximum Gasteiger partial charge on any atom is -0.0136 e. The van der Waals surface area contributed by atoms with Crippen LogP contribution < -0.4 is 0 Å². The minimum Gasteiger partial charge on any atom is -0.0879 e. The van der Waals surface area contributed by atoms with Gasteiger partial charge in [0, 0.05) is 0 Å². The molecule has 10 aliphatic carbocycles. The molecular weight excluding hydrogens is 637 g/mol. The fourth-order valence-corrected chi connectivity index (χ4v) is 18.3. The molecule has 17 unspecified atom stereocenters. The Hall–Kier alpha value is -1.04. The molecule has 0 amide bonds. The highest BCUT2D eigenvalue weighted by atomic mass is 14.6. The molecule has 0 spiro atoms. The molecule has 10 aliphatic rings. The van der Waals surface area contributed by atoms with Crippen molar-refractivity contribution in [3.8, 4) is 0 Å². The molecule has 0 saturated heterocycles. The van der Waals surface area contributed by atoms with Crippen molar-refractivity contribution in [2.75, 3.05) is 0 Å². The molecule has 17 atom stereocenters. The molecule has 7 fully saturated rings. The monoisotopic (exact) mass is 717 g/mol. The lowest BCUT2D eigenvalue weighted by Crippen LogP contribution is -2.53. The standard InChI is InChI=1S/C53H80/c1-3-4-19-41(34(2)35-14-7-5-6-8-15-35)52-43-20-9-10-21-44(43)53(46-24-13-23-45(46)52)47-22-12-16-36-25-28-40(33-49(36)47)42-31-29-39-27-26-37-17-11-18-38-30-32-48(42)51(39)50(37)38/h5,7,15,25,27,34,37-38,40-53H,3-4,6,8-14,16-24,26,28-33H2,1-2H3. The summed E-state index contributed by atoms with van der Waals surface area (Å²) < 4.78 is 0. The number of fused-ring (bicyclic) bond motifs is 3. The Morgan fingerprint density at radius 2 is 1.34 bits per heavy atom. The van der Waals surface area contributed by atoms with Crippen LogP contribution in [0.5, 0.6) is 0 Å². The molecule has 0 bridgehead atoms. The quantitative estimate of drug-likeness (QED) is 0.219. The molecule has 0 heterocycles. The second-order valence-corrected chi connectivity index (χ2v) is 21.8. The Bertz CT molecular complexity index is 1400. The first kappa shape index (κ1) is 36.3. The summed E-state index contributed by atoms with van der Waals surface area (Å²) in [7, 11) is 0. The highest BCUT2D eigenvalue weighted by Crippen LogP contribution is 2.66. The van der Waals surface area contributed by atoms with Gasteiger partial charge in [0.25, 0.3) is 0 Å². The fraction of sp³-hybridized carbons (Fsp3) is 0.849. The molecule has 0 heteroatoms. The first-order valence-electron chi connectivity index (χ1n) is 24.9. The lowest BCUT2D eigenvalue weighted by atomic mass is 9.45.